The van der Waals surface area contributed by atoms with Gasteiger partial charge in [-0.2, -0.15) is 0 Å². The van der Waals surface area contributed by atoms with Crippen molar-refractivity contribution in [2.75, 3.05) is 39.4 Å². The van der Waals surface area contributed by atoms with Crippen molar-refractivity contribution in [2.24, 2.45) is 0 Å². The smallest absolute Gasteiger partial charge is 0.254 e. The average molecular weight is 353 g/mol. The van der Waals surface area contributed by atoms with Gasteiger partial charge in [0.2, 0.25) is 5.91 Å². The van der Waals surface area contributed by atoms with Gasteiger partial charge in [-0.1, -0.05) is 11.6 Å². The number of amides is 2. The topological polar surface area (TPSA) is 59.1 Å². The Labute approximate surface area is 146 Å². The Balaban J connectivity index is 1.78. The van der Waals surface area contributed by atoms with E-state index in [2.05, 4.69) is 0 Å². The Bertz CT molecular complexity index is 650. The van der Waals surface area contributed by atoms with Crippen LogP contribution >= 0.6 is 11.6 Å². The predicted octanol–water partition coefficient (Wildman–Crippen LogP) is 2.20. The molecule has 0 atom stereocenters. The summed E-state index contributed by atoms with van der Waals surface area (Å²) < 4.78 is 11.2. The number of carbonyl (C=O) groups excluding carboxylic acids is 2. The number of ether oxygens (including phenoxy) is 2. The van der Waals surface area contributed by atoms with E-state index in [0.29, 0.717) is 61.5 Å². The van der Waals surface area contributed by atoms with Gasteiger partial charge in [-0.05, 0) is 18.6 Å². The molecule has 0 aliphatic carbocycles. The summed E-state index contributed by atoms with van der Waals surface area (Å²) in [5, 5.41) is 0.387. The lowest BCUT2D eigenvalue weighted by atomic mass is 10.1. The standard InChI is InChI=1S/C17H21ClN2O4/c1-12(21)19-4-2-5-20(7-6-19)17(22)13-10-14(18)16-15(11-13)23-8-3-9-24-16/h10-11H,2-9H2,1H3. The number of hydrogen-bond acceptors (Lipinski definition) is 4. The summed E-state index contributed by atoms with van der Waals surface area (Å²) in [6.07, 6.45) is 1.55. The lowest BCUT2D eigenvalue weighted by molar-refractivity contribution is -0.128. The van der Waals surface area contributed by atoms with Crippen LogP contribution in [0.2, 0.25) is 5.02 Å². The molecular formula is C17H21ClN2O4. The molecule has 24 heavy (non-hydrogen) atoms. The highest BCUT2D eigenvalue weighted by atomic mass is 35.5. The largest absolute Gasteiger partial charge is 0.489 e. The summed E-state index contributed by atoms with van der Waals surface area (Å²) in [5.74, 6) is 0.966. The Kier molecular flexibility index (Phi) is 5.14. The van der Waals surface area contributed by atoms with Gasteiger partial charge < -0.3 is 19.3 Å². The minimum absolute atomic E-state index is 0.0444. The maximum Gasteiger partial charge on any atom is 0.254 e. The molecule has 1 aromatic rings. The van der Waals surface area contributed by atoms with Gasteiger partial charge >= 0.3 is 0 Å². The third kappa shape index (κ3) is 3.59. The number of benzene rings is 1. The van der Waals surface area contributed by atoms with E-state index in [-0.39, 0.29) is 11.8 Å². The van der Waals surface area contributed by atoms with Gasteiger partial charge in [0.25, 0.3) is 5.91 Å². The first-order valence-electron chi connectivity index (χ1n) is 8.20. The monoisotopic (exact) mass is 352 g/mol. The van der Waals surface area contributed by atoms with Gasteiger partial charge in [-0.15, -0.1) is 0 Å². The fraction of sp³-hybridized carbons (Fsp3) is 0.529. The average Bonchev–Trinajstić information content (AvgIpc) is 2.94. The normalized spacial score (nSPS) is 17.9. The maximum atomic E-state index is 12.8. The first-order valence-corrected chi connectivity index (χ1v) is 8.58. The van der Waals surface area contributed by atoms with Crippen molar-refractivity contribution in [2.45, 2.75) is 19.8 Å². The van der Waals surface area contributed by atoms with Gasteiger partial charge in [-0.25, -0.2) is 0 Å². The number of halogens is 1. The molecular weight excluding hydrogens is 332 g/mol. The molecule has 0 N–H and O–H groups in total. The summed E-state index contributed by atoms with van der Waals surface area (Å²) in [6, 6.07) is 3.33. The first kappa shape index (κ1) is 16.9. The summed E-state index contributed by atoms with van der Waals surface area (Å²) in [7, 11) is 0. The minimum Gasteiger partial charge on any atom is -0.489 e. The van der Waals surface area contributed by atoms with Crippen molar-refractivity contribution in [3.05, 3.63) is 22.7 Å². The molecule has 3 rings (SSSR count). The predicted molar refractivity (Wildman–Crippen MR) is 89.8 cm³/mol. The highest BCUT2D eigenvalue weighted by Crippen LogP contribution is 2.38. The lowest BCUT2D eigenvalue weighted by Crippen LogP contribution is -2.36. The van der Waals surface area contributed by atoms with Crippen LogP contribution in [0.15, 0.2) is 12.1 Å². The van der Waals surface area contributed by atoms with E-state index in [9.17, 15) is 9.59 Å². The molecule has 2 aliphatic rings. The SMILES string of the molecule is CC(=O)N1CCCN(C(=O)c2cc(Cl)c3c(c2)OCCCO3)CC1. The van der Waals surface area contributed by atoms with Gasteiger partial charge in [0.05, 0.1) is 18.2 Å². The molecule has 0 saturated carbocycles. The molecule has 0 bridgehead atoms. The second-order valence-corrected chi connectivity index (χ2v) is 6.39. The van der Waals surface area contributed by atoms with Crippen LogP contribution in [0.5, 0.6) is 11.5 Å². The third-order valence-electron chi connectivity index (χ3n) is 4.28. The number of fused-ring (bicyclic) bond motifs is 1. The van der Waals surface area contributed by atoms with Gasteiger partial charge in [0.1, 0.15) is 0 Å². The molecule has 130 valence electrons. The number of carbonyl (C=O) groups is 2. The third-order valence-corrected chi connectivity index (χ3v) is 4.56. The lowest BCUT2D eigenvalue weighted by Gasteiger charge is -2.22. The fourth-order valence-electron chi connectivity index (χ4n) is 2.97. The van der Waals surface area contributed by atoms with Crippen molar-refractivity contribution < 1.29 is 19.1 Å². The summed E-state index contributed by atoms with van der Waals surface area (Å²) in [4.78, 5) is 27.9. The highest BCUT2D eigenvalue weighted by molar-refractivity contribution is 6.32. The first-order chi connectivity index (χ1) is 11.6. The summed E-state index contributed by atoms with van der Waals surface area (Å²) >= 11 is 6.27. The number of rotatable bonds is 1. The van der Waals surface area contributed by atoms with Crippen LogP contribution in [0.25, 0.3) is 0 Å². The van der Waals surface area contributed by atoms with E-state index in [1.807, 2.05) is 0 Å². The zero-order valence-electron chi connectivity index (χ0n) is 13.7. The maximum absolute atomic E-state index is 12.8. The zero-order valence-corrected chi connectivity index (χ0v) is 14.5. The Hall–Kier alpha value is -1.95. The Morgan fingerprint density at radius 2 is 1.71 bits per heavy atom. The molecule has 2 heterocycles. The molecule has 0 unspecified atom stereocenters. The molecule has 1 aromatic carbocycles. The Morgan fingerprint density at radius 3 is 2.50 bits per heavy atom. The summed E-state index contributed by atoms with van der Waals surface area (Å²) in [5.41, 5.74) is 0.487. The van der Waals surface area contributed by atoms with Crippen LogP contribution in [0.4, 0.5) is 0 Å². The van der Waals surface area contributed by atoms with Gasteiger partial charge in [-0.3, -0.25) is 9.59 Å². The second kappa shape index (κ2) is 7.30. The zero-order chi connectivity index (χ0) is 17.1. The van der Waals surface area contributed by atoms with Crippen LogP contribution in [-0.2, 0) is 4.79 Å². The molecule has 2 amide bonds. The Morgan fingerprint density at radius 1 is 1.00 bits per heavy atom. The quantitative estimate of drug-likeness (QED) is 0.777. The fourth-order valence-corrected chi connectivity index (χ4v) is 3.24. The van der Waals surface area contributed by atoms with Crippen molar-refractivity contribution in [3.8, 4) is 11.5 Å². The molecule has 0 spiro atoms. The summed E-state index contributed by atoms with van der Waals surface area (Å²) in [6.45, 7) is 5.02. The van der Waals surface area contributed by atoms with E-state index in [1.165, 1.54) is 0 Å². The van der Waals surface area contributed by atoms with E-state index >= 15 is 0 Å². The van der Waals surface area contributed by atoms with E-state index < -0.39 is 0 Å². The van der Waals surface area contributed by atoms with Crippen molar-refractivity contribution in [3.63, 3.8) is 0 Å². The molecule has 6 nitrogen and oxygen atoms in total. The van der Waals surface area contributed by atoms with Crippen molar-refractivity contribution >= 4 is 23.4 Å². The van der Waals surface area contributed by atoms with Crippen LogP contribution < -0.4 is 9.47 Å². The highest BCUT2D eigenvalue weighted by Gasteiger charge is 2.24. The van der Waals surface area contributed by atoms with E-state index in [0.717, 1.165) is 12.8 Å². The van der Waals surface area contributed by atoms with Crippen LogP contribution in [0.1, 0.15) is 30.1 Å². The number of nitrogens with zero attached hydrogens (tertiary/aromatic N) is 2. The van der Waals surface area contributed by atoms with Crippen LogP contribution in [0.3, 0.4) is 0 Å². The van der Waals surface area contributed by atoms with Gasteiger partial charge in [0, 0.05) is 45.1 Å². The van der Waals surface area contributed by atoms with Crippen molar-refractivity contribution in [1.29, 1.82) is 0 Å². The molecule has 7 heteroatoms. The number of hydrogen-bond donors (Lipinski definition) is 0. The minimum atomic E-state index is -0.0991. The molecule has 1 saturated heterocycles. The van der Waals surface area contributed by atoms with Crippen molar-refractivity contribution in [1.82, 2.24) is 9.80 Å². The molecule has 1 fully saturated rings. The molecule has 0 aromatic heterocycles. The van der Waals surface area contributed by atoms with Gasteiger partial charge in [0.15, 0.2) is 11.5 Å². The van der Waals surface area contributed by atoms with Crippen LogP contribution in [-0.4, -0.2) is 61.0 Å². The second-order valence-electron chi connectivity index (χ2n) is 5.99. The molecule has 2 aliphatic heterocycles. The van der Waals surface area contributed by atoms with Crippen LogP contribution in [0, 0.1) is 0 Å². The van der Waals surface area contributed by atoms with E-state index in [1.54, 1.807) is 28.9 Å². The van der Waals surface area contributed by atoms with E-state index in [4.69, 9.17) is 21.1 Å². The molecule has 0 radical (unpaired) electrons.